The van der Waals surface area contributed by atoms with E-state index in [4.69, 9.17) is 23.7 Å². The van der Waals surface area contributed by atoms with Crippen LogP contribution in [-0.4, -0.2) is 37.5 Å². The minimum Gasteiger partial charge on any atom is -0.493 e. The molecule has 0 aliphatic carbocycles. The zero-order valence-electron chi connectivity index (χ0n) is 26.8. The van der Waals surface area contributed by atoms with Gasteiger partial charge in [-0.3, -0.25) is 9.36 Å². The summed E-state index contributed by atoms with van der Waals surface area (Å²) in [6.07, 6.45) is 1.66. The van der Waals surface area contributed by atoms with Crippen LogP contribution in [0.25, 0.3) is 6.08 Å². The predicted molar refractivity (Wildman–Crippen MR) is 186 cm³/mol. The normalized spacial score (nSPS) is 14.5. The molecule has 1 aliphatic rings. The van der Waals surface area contributed by atoms with Gasteiger partial charge in [-0.25, -0.2) is 14.2 Å². The number of thiazole rings is 1. The molecule has 0 radical (unpaired) electrons. The number of halogens is 2. The molecule has 0 amide bonds. The number of benzene rings is 3. The van der Waals surface area contributed by atoms with Gasteiger partial charge in [0.2, 0.25) is 0 Å². The van der Waals surface area contributed by atoms with Crippen molar-refractivity contribution in [1.82, 2.24) is 4.57 Å². The Balaban J connectivity index is 1.60. The summed E-state index contributed by atoms with van der Waals surface area (Å²) >= 11 is 3.33. The molecule has 5 rings (SSSR count). The number of allylic oxidation sites excluding steroid dienone is 1. The lowest BCUT2D eigenvalue weighted by Crippen LogP contribution is -2.40. The molecule has 2 heterocycles. The average molecular weight is 773 g/mol. The highest BCUT2D eigenvalue weighted by Crippen LogP contribution is 2.37. The molecular weight excluding hydrogens is 738 g/mol. The molecule has 0 saturated heterocycles. The maximum Gasteiger partial charge on any atom is 0.338 e. The number of carbonyl (C=O) groups is 1. The van der Waals surface area contributed by atoms with Crippen LogP contribution in [0.1, 0.15) is 50.4 Å². The second kappa shape index (κ2) is 14.7. The zero-order chi connectivity index (χ0) is 33.8. The van der Waals surface area contributed by atoms with Crippen LogP contribution < -0.4 is 33.8 Å². The van der Waals surface area contributed by atoms with Gasteiger partial charge >= 0.3 is 5.97 Å². The molecule has 47 heavy (non-hydrogen) atoms. The van der Waals surface area contributed by atoms with E-state index in [2.05, 4.69) is 27.6 Å². The smallest absolute Gasteiger partial charge is 0.338 e. The van der Waals surface area contributed by atoms with Gasteiger partial charge in [0.15, 0.2) is 27.8 Å². The van der Waals surface area contributed by atoms with Gasteiger partial charge in [0.05, 0.1) is 52.3 Å². The number of hydrogen-bond donors (Lipinski definition) is 0. The van der Waals surface area contributed by atoms with E-state index in [-0.39, 0.29) is 36.3 Å². The number of nitrogens with zero attached hydrogens (tertiary/aromatic N) is 2. The van der Waals surface area contributed by atoms with Crippen molar-refractivity contribution >= 4 is 46.0 Å². The summed E-state index contributed by atoms with van der Waals surface area (Å²) < 4.78 is 45.4. The fourth-order valence-corrected chi connectivity index (χ4v) is 7.02. The number of ether oxygens (including phenoxy) is 5. The van der Waals surface area contributed by atoms with Crippen molar-refractivity contribution < 1.29 is 32.9 Å². The molecule has 1 aliphatic heterocycles. The lowest BCUT2D eigenvalue weighted by Gasteiger charge is -2.25. The number of hydrogen-bond acceptors (Lipinski definition) is 9. The first-order chi connectivity index (χ1) is 22.6. The molecule has 0 saturated carbocycles. The number of methoxy groups -OCH3 is 2. The second-order valence-electron chi connectivity index (χ2n) is 10.8. The quantitative estimate of drug-likeness (QED) is 0.138. The van der Waals surface area contributed by atoms with Crippen molar-refractivity contribution in [2.75, 3.05) is 20.8 Å². The third-order valence-corrected chi connectivity index (χ3v) is 9.05. The highest BCUT2D eigenvalue weighted by atomic mass is 127. The summed E-state index contributed by atoms with van der Waals surface area (Å²) in [4.78, 5) is 32.6. The van der Waals surface area contributed by atoms with E-state index in [1.54, 1.807) is 56.3 Å². The molecule has 12 heteroatoms. The maximum absolute atomic E-state index is 14.2. The number of aromatic nitrogens is 1. The Morgan fingerprint density at radius 2 is 1.83 bits per heavy atom. The Morgan fingerprint density at radius 3 is 2.51 bits per heavy atom. The number of fused-ring (bicyclic) bond motifs is 1. The van der Waals surface area contributed by atoms with Crippen LogP contribution in [0, 0.1) is 9.39 Å². The van der Waals surface area contributed by atoms with Crippen LogP contribution >= 0.6 is 33.9 Å². The maximum atomic E-state index is 14.2. The predicted octanol–water partition coefficient (Wildman–Crippen LogP) is 5.93. The van der Waals surface area contributed by atoms with Crippen LogP contribution in [0.2, 0.25) is 0 Å². The van der Waals surface area contributed by atoms with Gasteiger partial charge in [-0.2, -0.15) is 0 Å². The molecule has 0 spiro atoms. The molecule has 0 fully saturated rings. The van der Waals surface area contributed by atoms with E-state index in [1.807, 2.05) is 26.0 Å². The van der Waals surface area contributed by atoms with E-state index in [9.17, 15) is 14.0 Å². The number of esters is 1. The number of rotatable bonds is 11. The van der Waals surface area contributed by atoms with Crippen molar-refractivity contribution in [3.63, 3.8) is 0 Å². The van der Waals surface area contributed by atoms with Crippen molar-refractivity contribution in [3.05, 3.63) is 112 Å². The van der Waals surface area contributed by atoms with Crippen molar-refractivity contribution in [3.8, 4) is 23.0 Å². The first-order valence-corrected chi connectivity index (χ1v) is 16.7. The van der Waals surface area contributed by atoms with Crippen LogP contribution in [-0.2, 0) is 16.1 Å². The fraction of sp³-hybridized carbons (Fsp3) is 0.286. The summed E-state index contributed by atoms with van der Waals surface area (Å²) in [5, 5.41) is 0. The molecule has 9 nitrogen and oxygen atoms in total. The van der Waals surface area contributed by atoms with Crippen LogP contribution in [0.5, 0.6) is 23.0 Å². The first-order valence-electron chi connectivity index (χ1n) is 14.8. The molecule has 3 aromatic carbocycles. The average Bonchev–Trinajstić information content (AvgIpc) is 3.33. The summed E-state index contributed by atoms with van der Waals surface area (Å²) in [7, 11) is 3.06. The summed E-state index contributed by atoms with van der Waals surface area (Å²) in [5.74, 6) is 0.994. The van der Waals surface area contributed by atoms with Gasteiger partial charge in [0.25, 0.3) is 5.56 Å². The fourth-order valence-electron chi connectivity index (χ4n) is 5.19. The van der Waals surface area contributed by atoms with Crippen LogP contribution in [0.15, 0.2) is 75.7 Å². The SMILES string of the molecule is CCOC(=O)C1=C(C)N=c2s/c(=C\c3cc(I)c(OCc4ccccc4F)c(OC)c3)c(=O)n2[C@H]1c1ccc(OC(C)C)c(OC)c1. The van der Waals surface area contributed by atoms with Gasteiger partial charge in [-0.1, -0.05) is 35.6 Å². The minimum absolute atomic E-state index is 0.0223. The monoisotopic (exact) mass is 772 g/mol. The van der Waals surface area contributed by atoms with E-state index in [0.29, 0.717) is 58.3 Å². The Labute approximate surface area is 289 Å². The highest BCUT2D eigenvalue weighted by molar-refractivity contribution is 14.1. The molecule has 246 valence electrons. The lowest BCUT2D eigenvalue weighted by molar-refractivity contribution is -0.139. The van der Waals surface area contributed by atoms with Gasteiger partial charge in [-0.15, -0.1) is 0 Å². The van der Waals surface area contributed by atoms with Gasteiger partial charge in [0.1, 0.15) is 12.4 Å². The Hall–Kier alpha value is -4.17. The third-order valence-electron chi connectivity index (χ3n) is 7.26. The molecule has 0 unspecified atom stereocenters. The van der Waals surface area contributed by atoms with Gasteiger partial charge in [-0.05, 0) is 97.8 Å². The Bertz CT molecular complexity index is 2040. The Kier molecular flexibility index (Phi) is 10.7. The number of carbonyl (C=O) groups excluding carboxylic acids is 1. The van der Waals surface area contributed by atoms with Crippen molar-refractivity contribution in [2.24, 2.45) is 4.99 Å². The largest absolute Gasteiger partial charge is 0.493 e. The minimum atomic E-state index is -0.821. The highest BCUT2D eigenvalue weighted by Gasteiger charge is 2.34. The van der Waals surface area contributed by atoms with Crippen molar-refractivity contribution in [2.45, 2.75) is 46.4 Å². The molecule has 1 aromatic heterocycles. The van der Waals surface area contributed by atoms with Crippen LogP contribution in [0.4, 0.5) is 4.39 Å². The molecular formula is C35H34FIN2O7S. The van der Waals surface area contributed by atoms with Gasteiger partial charge < -0.3 is 23.7 Å². The zero-order valence-corrected chi connectivity index (χ0v) is 29.7. The van der Waals surface area contributed by atoms with Crippen LogP contribution in [0.3, 0.4) is 0 Å². The van der Waals surface area contributed by atoms with E-state index in [0.717, 1.165) is 0 Å². The van der Waals surface area contributed by atoms with E-state index >= 15 is 0 Å². The Morgan fingerprint density at radius 1 is 1.09 bits per heavy atom. The van der Waals surface area contributed by atoms with E-state index in [1.165, 1.54) is 36.2 Å². The first kappa shape index (κ1) is 34.2. The third kappa shape index (κ3) is 7.23. The second-order valence-corrected chi connectivity index (χ2v) is 13.0. The standard InChI is InChI=1S/C35H34FIN2O7S/c1-7-44-34(41)30-20(4)38-35-39(31(30)22-12-13-26(46-19(2)3)27(17-22)42-5)33(40)29(47-35)16-21-14-25(37)32(28(15-21)43-6)45-18-23-10-8-9-11-24(23)36/h8-17,19,31H,7,18H2,1-6H3/b29-16-/t31-/m0/s1. The summed E-state index contributed by atoms with van der Waals surface area (Å²) in [5.41, 5.74) is 2.12. The summed E-state index contributed by atoms with van der Waals surface area (Å²) in [6, 6.07) is 14.5. The molecule has 4 aromatic rings. The topological polar surface area (TPSA) is 97.6 Å². The van der Waals surface area contributed by atoms with Gasteiger partial charge in [0, 0.05) is 5.56 Å². The molecule has 0 N–H and O–H groups in total. The molecule has 0 bridgehead atoms. The van der Waals surface area contributed by atoms with Crippen molar-refractivity contribution in [1.29, 1.82) is 0 Å². The lowest BCUT2D eigenvalue weighted by atomic mass is 9.95. The van der Waals surface area contributed by atoms with E-state index < -0.39 is 12.0 Å². The molecule has 1 atom stereocenters. The summed E-state index contributed by atoms with van der Waals surface area (Å²) in [6.45, 7) is 7.48.